The lowest BCUT2D eigenvalue weighted by Crippen LogP contribution is -2.43. The number of fused-ring (bicyclic) bond motifs is 1. The molecule has 29 heavy (non-hydrogen) atoms. The number of hydrogen-bond donors (Lipinski definition) is 1. The van der Waals surface area contributed by atoms with Crippen LogP contribution in [-0.2, 0) is 11.3 Å². The summed E-state index contributed by atoms with van der Waals surface area (Å²) in [5.41, 5.74) is 2.06. The summed E-state index contributed by atoms with van der Waals surface area (Å²) in [5, 5.41) is 7.32. The van der Waals surface area contributed by atoms with E-state index in [9.17, 15) is 4.79 Å². The number of hydrogen-bond acceptors (Lipinski definition) is 5. The van der Waals surface area contributed by atoms with E-state index < -0.39 is 0 Å². The lowest BCUT2D eigenvalue weighted by Gasteiger charge is -2.26. The van der Waals surface area contributed by atoms with E-state index in [0.717, 1.165) is 17.0 Å². The van der Waals surface area contributed by atoms with E-state index in [4.69, 9.17) is 9.47 Å². The van der Waals surface area contributed by atoms with Crippen molar-refractivity contribution in [2.45, 2.75) is 12.6 Å². The van der Waals surface area contributed by atoms with Crippen LogP contribution in [0.15, 0.2) is 67.0 Å². The van der Waals surface area contributed by atoms with Crippen LogP contribution >= 0.6 is 0 Å². The molecule has 1 N–H and O–H groups in total. The molecule has 1 aliphatic rings. The first-order chi connectivity index (χ1) is 14.2. The lowest BCUT2D eigenvalue weighted by molar-refractivity contribution is -0.122. The van der Waals surface area contributed by atoms with E-state index in [-0.39, 0.29) is 12.0 Å². The molecule has 0 fully saturated rings. The Kier molecular flexibility index (Phi) is 5.76. The van der Waals surface area contributed by atoms with Crippen LogP contribution in [0.2, 0.25) is 0 Å². The Morgan fingerprint density at radius 3 is 2.76 bits per heavy atom. The second-order valence-electron chi connectivity index (χ2n) is 7.10. The molecule has 7 heteroatoms. The van der Waals surface area contributed by atoms with Gasteiger partial charge in [-0.2, -0.15) is 5.10 Å². The number of benzene rings is 2. The summed E-state index contributed by atoms with van der Waals surface area (Å²) < 4.78 is 13.4. The smallest absolute Gasteiger partial charge is 0.234 e. The summed E-state index contributed by atoms with van der Waals surface area (Å²) in [6.45, 7) is 1.76. The van der Waals surface area contributed by atoms with Crippen molar-refractivity contribution in [1.29, 1.82) is 0 Å². The zero-order valence-corrected chi connectivity index (χ0v) is 16.3. The van der Waals surface area contributed by atoms with Crippen LogP contribution in [0.5, 0.6) is 11.5 Å². The molecule has 0 bridgehead atoms. The molecule has 1 atom stereocenters. The Balaban J connectivity index is 1.23. The van der Waals surface area contributed by atoms with E-state index in [0.29, 0.717) is 32.0 Å². The molecular weight excluding hydrogens is 368 g/mol. The maximum Gasteiger partial charge on any atom is 0.234 e. The minimum absolute atomic E-state index is 0.0505. The van der Waals surface area contributed by atoms with Gasteiger partial charge in [-0.1, -0.05) is 30.3 Å². The van der Waals surface area contributed by atoms with Gasteiger partial charge in [0.25, 0.3) is 0 Å². The van der Waals surface area contributed by atoms with Crippen molar-refractivity contribution in [3.8, 4) is 17.2 Å². The zero-order valence-electron chi connectivity index (χ0n) is 16.3. The van der Waals surface area contributed by atoms with Crippen LogP contribution in [0, 0.1) is 0 Å². The van der Waals surface area contributed by atoms with Crippen molar-refractivity contribution in [1.82, 2.24) is 20.0 Å². The Morgan fingerprint density at radius 1 is 1.17 bits per heavy atom. The van der Waals surface area contributed by atoms with Crippen LogP contribution in [0.3, 0.4) is 0 Å². The highest BCUT2D eigenvalue weighted by Gasteiger charge is 2.21. The van der Waals surface area contributed by atoms with Crippen molar-refractivity contribution in [3.63, 3.8) is 0 Å². The monoisotopic (exact) mass is 392 g/mol. The van der Waals surface area contributed by atoms with E-state index in [1.54, 1.807) is 0 Å². The van der Waals surface area contributed by atoms with Crippen LogP contribution < -0.4 is 14.8 Å². The Labute approximate surface area is 169 Å². The van der Waals surface area contributed by atoms with Crippen molar-refractivity contribution in [3.05, 3.63) is 72.6 Å². The number of carbonyl (C=O) groups is 1. The molecule has 1 aromatic heterocycles. The molecule has 4 rings (SSSR count). The number of aromatic nitrogens is 2. The normalized spacial score (nSPS) is 15.3. The quantitative estimate of drug-likeness (QED) is 0.668. The van der Waals surface area contributed by atoms with Gasteiger partial charge < -0.3 is 14.8 Å². The molecule has 0 aliphatic carbocycles. The number of ether oxygens (including phenoxy) is 2. The van der Waals surface area contributed by atoms with Gasteiger partial charge in [0.15, 0.2) is 11.5 Å². The molecule has 2 heterocycles. The number of para-hydroxylation sites is 3. The maximum atomic E-state index is 12.3. The second-order valence-corrected chi connectivity index (χ2v) is 7.10. The predicted molar refractivity (Wildman–Crippen MR) is 109 cm³/mol. The van der Waals surface area contributed by atoms with Crippen molar-refractivity contribution in [2.24, 2.45) is 0 Å². The number of nitrogens with one attached hydrogen (secondary N) is 1. The van der Waals surface area contributed by atoms with E-state index in [1.807, 2.05) is 83.6 Å². The highest BCUT2D eigenvalue weighted by Crippen LogP contribution is 2.30. The summed E-state index contributed by atoms with van der Waals surface area (Å²) in [6, 6.07) is 17.5. The van der Waals surface area contributed by atoms with Gasteiger partial charge in [-0.25, -0.2) is 4.68 Å². The maximum absolute atomic E-state index is 12.3. The summed E-state index contributed by atoms with van der Waals surface area (Å²) in [7, 11) is 1.91. The van der Waals surface area contributed by atoms with E-state index >= 15 is 0 Å². The zero-order chi connectivity index (χ0) is 20.1. The highest BCUT2D eigenvalue weighted by atomic mass is 16.6. The first-order valence-electron chi connectivity index (χ1n) is 9.60. The Bertz CT molecular complexity index is 957. The number of carbonyl (C=O) groups excluding carboxylic acids is 1. The summed E-state index contributed by atoms with van der Waals surface area (Å²) in [4.78, 5) is 14.2. The van der Waals surface area contributed by atoms with Gasteiger partial charge >= 0.3 is 0 Å². The fraction of sp³-hybridized carbons (Fsp3) is 0.273. The first-order valence-corrected chi connectivity index (χ1v) is 9.60. The van der Waals surface area contributed by atoms with E-state index in [1.165, 1.54) is 0 Å². The summed E-state index contributed by atoms with van der Waals surface area (Å²) in [6.07, 6.45) is 3.61. The van der Waals surface area contributed by atoms with Crippen LogP contribution in [0.4, 0.5) is 0 Å². The van der Waals surface area contributed by atoms with E-state index in [2.05, 4.69) is 10.4 Å². The molecule has 0 saturated heterocycles. The molecule has 0 saturated carbocycles. The van der Waals surface area contributed by atoms with Gasteiger partial charge in [0.2, 0.25) is 5.91 Å². The topological polar surface area (TPSA) is 68.6 Å². The third kappa shape index (κ3) is 4.94. The average Bonchev–Trinajstić information content (AvgIpc) is 3.21. The van der Waals surface area contributed by atoms with Gasteiger partial charge in [-0.15, -0.1) is 0 Å². The van der Waals surface area contributed by atoms with Gasteiger partial charge in [-0.05, 0) is 31.3 Å². The van der Waals surface area contributed by atoms with Crippen molar-refractivity contribution >= 4 is 5.91 Å². The average molecular weight is 392 g/mol. The van der Waals surface area contributed by atoms with Gasteiger partial charge in [0, 0.05) is 18.3 Å². The van der Waals surface area contributed by atoms with Crippen molar-refractivity contribution < 1.29 is 14.3 Å². The number of rotatable bonds is 7. The molecule has 3 aromatic rings. The first kappa shape index (κ1) is 19.0. The third-order valence-corrected chi connectivity index (χ3v) is 4.62. The fourth-order valence-corrected chi connectivity index (χ4v) is 3.22. The Hall–Kier alpha value is -3.32. The summed E-state index contributed by atoms with van der Waals surface area (Å²) in [5.74, 6) is 1.40. The lowest BCUT2D eigenvalue weighted by atomic mass is 10.2. The van der Waals surface area contributed by atoms with Gasteiger partial charge in [0.1, 0.15) is 12.7 Å². The molecule has 0 radical (unpaired) electrons. The van der Waals surface area contributed by atoms with Gasteiger partial charge in [-0.3, -0.25) is 9.69 Å². The number of amides is 1. The minimum atomic E-state index is -0.191. The number of likely N-dealkylation sites (N-methyl/N-ethyl adjacent to an activating group) is 1. The van der Waals surface area contributed by atoms with Crippen LogP contribution in [0.25, 0.3) is 5.69 Å². The van der Waals surface area contributed by atoms with Gasteiger partial charge in [0.05, 0.1) is 25.0 Å². The van der Waals surface area contributed by atoms with Crippen LogP contribution in [-0.4, -0.2) is 53.4 Å². The van der Waals surface area contributed by atoms with Crippen molar-refractivity contribution in [2.75, 3.05) is 26.7 Å². The minimum Gasteiger partial charge on any atom is -0.486 e. The molecule has 2 aromatic carbocycles. The molecule has 1 unspecified atom stereocenters. The molecular formula is C22H24N4O3. The SMILES string of the molecule is CN(CC(=O)NCC1COc2ccccc2O1)Cc1cnn(-c2ccccc2)c1. The fourth-order valence-electron chi connectivity index (χ4n) is 3.22. The molecule has 150 valence electrons. The Morgan fingerprint density at radius 2 is 1.93 bits per heavy atom. The highest BCUT2D eigenvalue weighted by molar-refractivity contribution is 5.78. The second kappa shape index (κ2) is 8.79. The molecule has 0 spiro atoms. The molecule has 1 aliphatic heterocycles. The largest absolute Gasteiger partial charge is 0.486 e. The number of nitrogens with zero attached hydrogens (tertiary/aromatic N) is 3. The predicted octanol–water partition coefficient (Wildman–Crippen LogP) is 2.26. The van der Waals surface area contributed by atoms with Crippen LogP contribution in [0.1, 0.15) is 5.56 Å². The summed E-state index contributed by atoms with van der Waals surface area (Å²) >= 11 is 0. The third-order valence-electron chi connectivity index (χ3n) is 4.62. The standard InChI is InChI=1S/C22H24N4O3/c1-25(13-17-11-24-26(14-17)18-7-3-2-4-8-18)15-22(27)23-12-19-16-28-20-9-5-6-10-21(20)29-19/h2-11,14,19H,12-13,15-16H2,1H3,(H,23,27). The molecule has 7 nitrogen and oxygen atoms in total. The molecule has 1 amide bonds.